The zero-order valence-corrected chi connectivity index (χ0v) is 14.0. The van der Waals surface area contributed by atoms with Crippen LogP contribution in [-0.4, -0.2) is 54.5 Å². The molecule has 0 aliphatic rings. The lowest BCUT2D eigenvalue weighted by molar-refractivity contribution is 0.411. The minimum Gasteiger partial charge on any atom is -0.355 e. The molecule has 0 radical (unpaired) electrons. The van der Waals surface area contributed by atoms with Gasteiger partial charge in [-0.05, 0) is 40.8 Å². The summed E-state index contributed by atoms with van der Waals surface area (Å²) in [4.78, 5) is 4.66. The monoisotopic (exact) mass is 281 g/mol. The second-order valence-electron chi connectivity index (χ2n) is 5.98. The molecule has 0 saturated carbocycles. The number of rotatable bonds is 8. The van der Waals surface area contributed by atoms with Crippen molar-refractivity contribution in [1.82, 2.24) is 14.7 Å². The molecule has 116 valence electrons. The zero-order valence-electron chi connectivity index (χ0n) is 14.0. The maximum absolute atomic E-state index is 6.00. The first-order chi connectivity index (χ1) is 9.36. The largest absolute Gasteiger partial charge is 0.355 e. The molecule has 2 N–H and O–H groups in total. The highest BCUT2D eigenvalue weighted by Crippen LogP contribution is 2.24. The zero-order chi connectivity index (χ0) is 15.3. The van der Waals surface area contributed by atoms with E-state index in [0.717, 1.165) is 38.2 Å². The Morgan fingerprint density at radius 2 is 1.90 bits per heavy atom. The summed E-state index contributed by atoms with van der Waals surface area (Å²) in [6.45, 7) is 9.47. The molecule has 0 fully saturated rings. The number of nitrogens with two attached hydrogens (primary N) is 1. The van der Waals surface area contributed by atoms with Gasteiger partial charge in [0.25, 0.3) is 0 Å². The maximum Gasteiger partial charge on any atom is 0.130 e. The minimum absolute atomic E-state index is 0.161. The second-order valence-corrected chi connectivity index (χ2v) is 5.98. The van der Waals surface area contributed by atoms with E-state index >= 15 is 0 Å². The number of likely N-dealkylation sites (N-methyl/N-ethyl adjacent to an activating group) is 1. The SMILES string of the molecule is CCCN(CCN(C)C)c1c(CC(C)N)c(C)nn1C. The molecule has 1 atom stereocenters. The highest BCUT2D eigenvalue weighted by Gasteiger charge is 2.19. The summed E-state index contributed by atoms with van der Waals surface area (Å²) in [6.07, 6.45) is 2.02. The third kappa shape index (κ3) is 4.49. The van der Waals surface area contributed by atoms with E-state index in [4.69, 9.17) is 5.73 Å². The van der Waals surface area contributed by atoms with Gasteiger partial charge in [-0.25, -0.2) is 0 Å². The van der Waals surface area contributed by atoms with Crippen LogP contribution in [0.5, 0.6) is 0 Å². The van der Waals surface area contributed by atoms with Gasteiger partial charge in [0.05, 0.1) is 5.69 Å². The molecule has 0 amide bonds. The number of hydrogen-bond acceptors (Lipinski definition) is 4. The van der Waals surface area contributed by atoms with Crippen molar-refractivity contribution in [2.75, 3.05) is 38.6 Å². The Hall–Kier alpha value is -1.07. The maximum atomic E-state index is 6.00. The average molecular weight is 281 g/mol. The lowest BCUT2D eigenvalue weighted by Gasteiger charge is -2.27. The van der Waals surface area contributed by atoms with Crippen molar-refractivity contribution in [3.05, 3.63) is 11.3 Å². The number of anilines is 1. The van der Waals surface area contributed by atoms with Crippen LogP contribution in [0.4, 0.5) is 5.82 Å². The predicted molar refractivity (Wildman–Crippen MR) is 86.4 cm³/mol. The highest BCUT2D eigenvalue weighted by molar-refractivity contribution is 5.50. The van der Waals surface area contributed by atoms with E-state index in [0.29, 0.717) is 0 Å². The van der Waals surface area contributed by atoms with E-state index in [2.05, 4.69) is 49.8 Å². The van der Waals surface area contributed by atoms with Gasteiger partial charge in [-0.2, -0.15) is 5.10 Å². The lowest BCUT2D eigenvalue weighted by Crippen LogP contribution is -2.34. The van der Waals surface area contributed by atoms with Crippen LogP contribution in [-0.2, 0) is 13.5 Å². The van der Waals surface area contributed by atoms with Crippen molar-refractivity contribution in [2.45, 2.75) is 39.7 Å². The third-order valence-electron chi connectivity index (χ3n) is 3.45. The summed E-state index contributed by atoms with van der Waals surface area (Å²) in [5.41, 5.74) is 8.41. The topological polar surface area (TPSA) is 50.3 Å². The molecule has 0 spiro atoms. The Morgan fingerprint density at radius 3 is 2.40 bits per heavy atom. The molecule has 1 aromatic rings. The van der Waals surface area contributed by atoms with E-state index in [9.17, 15) is 0 Å². The van der Waals surface area contributed by atoms with Gasteiger partial charge in [0.1, 0.15) is 5.82 Å². The van der Waals surface area contributed by atoms with Crippen LogP contribution in [0.3, 0.4) is 0 Å². The fraction of sp³-hybridized carbons (Fsp3) is 0.800. The van der Waals surface area contributed by atoms with E-state index in [-0.39, 0.29) is 6.04 Å². The van der Waals surface area contributed by atoms with Crippen LogP contribution >= 0.6 is 0 Å². The molecule has 1 aromatic heterocycles. The van der Waals surface area contributed by atoms with Gasteiger partial charge in [-0.1, -0.05) is 6.92 Å². The quantitative estimate of drug-likeness (QED) is 0.782. The lowest BCUT2D eigenvalue weighted by atomic mass is 10.1. The summed E-state index contributed by atoms with van der Waals surface area (Å²) in [7, 11) is 6.26. The fourth-order valence-corrected chi connectivity index (χ4v) is 2.56. The van der Waals surface area contributed by atoms with Crippen LogP contribution in [0.15, 0.2) is 0 Å². The molecule has 1 rings (SSSR count). The molecule has 1 heterocycles. The first-order valence-electron chi connectivity index (χ1n) is 7.54. The normalized spacial score (nSPS) is 13.0. The standard InChI is InChI=1S/C15H31N5/c1-7-8-20(10-9-18(4)5)15-14(11-12(2)16)13(3)17-19(15)6/h12H,7-11,16H2,1-6H3. The van der Waals surface area contributed by atoms with Crippen molar-refractivity contribution >= 4 is 5.82 Å². The van der Waals surface area contributed by atoms with Gasteiger partial charge in [0.15, 0.2) is 0 Å². The predicted octanol–water partition coefficient (Wildman–Crippen LogP) is 1.40. The number of hydrogen-bond donors (Lipinski definition) is 1. The van der Waals surface area contributed by atoms with Crippen molar-refractivity contribution in [1.29, 1.82) is 0 Å². The molecule has 5 nitrogen and oxygen atoms in total. The Kier molecular flexibility index (Phi) is 6.49. The van der Waals surface area contributed by atoms with Gasteiger partial charge in [0.2, 0.25) is 0 Å². The summed E-state index contributed by atoms with van der Waals surface area (Å²) in [5.74, 6) is 1.24. The molecule has 1 unspecified atom stereocenters. The molecule has 20 heavy (non-hydrogen) atoms. The second kappa shape index (κ2) is 7.64. The van der Waals surface area contributed by atoms with Gasteiger partial charge in [0, 0.05) is 38.3 Å². The average Bonchev–Trinajstić information content (AvgIpc) is 2.59. The van der Waals surface area contributed by atoms with Crippen LogP contribution in [0, 0.1) is 6.92 Å². The van der Waals surface area contributed by atoms with Crippen molar-refractivity contribution in [3.8, 4) is 0 Å². The molecule has 5 heteroatoms. The Morgan fingerprint density at radius 1 is 1.25 bits per heavy atom. The molecule has 0 saturated heterocycles. The first-order valence-corrected chi connectivity index (χ1v) is 7.54. The first kappa shape index (κ1) is 17.0. The smallest absolute Gasteiger partial charge is 0.130 e. The van der Waals surface area contributed by atoms with Crippen molar-refractivity contribution in [3.63, 3.8) is 0 Å². The number of aryl methyl sites for hydroxylation is 2. The molecule has 0 aliphatic carbocycles. The van der Waals surface area contributed by atoms with Crippen LogP contribution in [0.1, 0.15) is 31.5 Å². The van der Waals surface area contributed by atoms with E-state index in [1.807, 2.05) is 11.7 Å². The number of aromatic nitrogens is 2. The van der Waals surface area contributed by atoms with Crippen molar-refractivity contribution in [2.24, 2.45) is 12.8 Å². The third-order valence-corrected chi connectivity index (χ3v) is 3.45. The Labute approximate surface area is 123 Å². The molecule has 0 aromatic carbocycles. The van der Waals surface area contributed by atoms with Crippen LogP contribution in [0.25, 0.3) is 0 Å². The van der Waals surface area contributed by atoms with Gasteiger partial charge in [-0.3, -0.25) is 4.68 Å². The molecular weight excluding hydrogens is 250 g/mol. The molecule has 0 aliphatic heterocycles. The minimum atomic E-state index is 0.161. The van der Waals surface area contributed by atoms with Crippen LogP contribution < -0.4 is 10.6 Å². The fourth-order valence-electron chi connectivity index (χ4n) is 2.56. The molecule has 0 bridgehead atoms. The van der Waals surface area contributed by atoms with Crippen molar-refractivity contribution < 1.29 is 0 Å². The summed E-state index contributed by atoms with van der Waals surface area (Å²) in [5, 5.41) is 4.60. The van der Waals surface area contributed by atoms with E-state index in [1.54, 1.807) is 0 Å². The number of nitrogens with zero attached hydrogens (tertiary/aromatic N) is 4. The Balaban J connectivity index is 3.04. The van der Waals surface area contributed by atoms with Gasteiger partial charge in [-0.15, -0.1) is 0 Å². The van der Waals surface area contributed by atoms with E-state index < -0.39 is 0 Å². The summed E-state index contributed by atoms with van der Waals surface area (Å²) >= 11 is 0. The van der Waals surface area contributed by atoms with Crippen LogP contribution in [0.2, 0.25) is 0 Å². The summed E-state index contributed by atoms with van der Waals surface area (Å²) in [6, 6.07) is 0.161. The highest BCUT2D eigenvalue weighted by atomic mass is 15.4. The summed E-state index contributed by atoms with van der Waals surface area (Å²) < 4.78 is 2.01. The van der Waals surface area contributed by atoms with E-state index in [1.165, 1.54) is 11.4 Å². The molecular formula is C15H31N5. The van der Waals surface area contributed by atoms with Gasteiger partial charge < -0.3 is 15.5 Å². The van der Waals surface area contributed by atoms with Gasteiger partial charge >= 0.3 is 0 Å². The Bertz CT molecular complexity index is 409.